The second-order valence-corrected chi connectivity index (χ2v) is 4.17. The maximum Gasteiger partial charge on any atom is 0.0407 e. The molecule has 0 saturated carbocycles. The minimum absolute atomic E-state index is 0.461. The van der Waals surface area contributed by atoms with Gasteiger partial charge in [-0.15, -0.1) is 0 Å². The van der Waals surface area contributed by atoms with Gasteiger partial charge in [-0.3, -0.25) is 0 Å². The Morgan fingerprint density at radius 2 is 2.07 bits per heavy atom. The first kappa shape index (κ1) is 9.53. The van der Waals surface area contributed by atoms with Crippen LogP contribution in [0, 0.1) is 13.8 Å². The molecule has 1 heterocycles. The monoisotopic (exact) mass is 190 g/mol. The Kier molecular flexibility index (Phi) is 2.46. The van der Waals surface area contributed by atoms with Gasteiger partial charge in [0.2, 0.25) is 0 Å². The van der Waals surface area contributed by atoms with E-state index in [0.717, 1.165) is 19.4 Å². The number of nitrogens with one attached hydrogen (secondary N) is 1. The summed E-state index contributed by atoms with van der Waals surface area (Å²) in [4.78, 5) is 0. The van der Waals surface area contributed by atoms with Gasteiger partial charge in [-0.25, -0.2) is 0 Å². The predicted octanol–water partition coefficient (Wildman–Crippen LogP) is 1.99. The summed E-state index contributed by atoms with van der Waals surface area (Å²) in [5.74, 6) is 0. The molecule has 0 saturated heterocycles. The third kappa shape index (κ3) is 1.50. The standard InChI is InChI=1S/C12H18N2/c1-8-3-4-9(2)12-11(8)6-5-10(7-13)14-12/h3-4,10,14H,5-7,13H2,1-2H3. The molecule has 0 fully saturated rings. The van der Waals surface area contributed by atoms with E-state index in [2.05, 4.69) is 31.3 Å². The molecule has 2 nitrogen and oxygen atoms in total. The third-order valence-electron chi connectivity index (χ3n) is 3.13. The molecule has 2 heteroatoms. The fraction of sp³-hybridized carbons (Fsp3) is 0.500. The molecule has 1 aliphatic heterocycles. The lowest BCUT2D eigenvalue weighted by Crippen LogP contribution is -2.33. The van der Waals surface area contributed by atoms with E-state index in [4.69, 9.17) is 5.73 Å². The van der Waals surface area contributed by atoms with Crippen molar-refractivity contribution < 1.29 is 0 Å². The van der Waals surface area contributed by atoms with Gasteiger partial charge in [-0.05, 0) is 43.4 Å². The molecule has 3 N–H and O–H groups in total. The van der Waals surface area contributed by atoms with E-state index < -0.39 is 0 Å². The second-order valence-electron chi connectivity index (χ2n) is 4.17. The lowest BCUT2D eigenvalue weighted by Gasteiger charge is -2.28. The number of nitrogens with two attached hydrogens (primary N) is 1. The molecule has 1 unspecified atom stereocenters. The molecule has 0 radical (unpaired) electrons. The lowest BCUT2D eigenvalue weighted by atomic mass is 9.92. The van der Waals surface area contributed by atoms with E-state index in [1.165, 1.54) is 22.4 Å². The first-order chi connectivity index (χ1) is 6.72. The molecular formula is C12H18N2. The van der Waals surface area contributed by atoms with Gasteiger partial charge in [0, 0.05) is 18.3 Å². The molecule has 1 aromatic rings. The largest absolute Gasteiger partial charge is 0.381 e. The minimum atomic E-state index is 0.461. The van der Waals surface area contributed by atoms with Crippen LogP contribution in [0.15, 0.2) is 12.1 Å². The van der Waals surface area contributed by atoms with E-state index in [9.17, 15) is 0 Å². The number of hydrogen-bond acceptors (Lipinski definition) is 2. The van der Waals surface area contributed by atoms with Crippen LogP contribution >= 0.6 is 0 Å². The van der Waals surface area contributed by atoms with Gasteiger partial charge >= 0.3 is 0 Å². The van der Waals surface area contributed by atoms with Crippen LogP contribution in [0.1, 0.15) is 23.1 Å². The molecule has 2 rings (SSSR count). The quantitative estimate of drug-likeness (QED) is 0.710. The highest BCUT2D eigenvalue weighted by molar-refractivity contribution is 5.62. The van der Waals surface area contributed by atoms with Gasteiger partial charge in [0.25, 0.3) is 0 Å². The number of hydrogen-bond donors (Lipinski definition) is 2. The van der Waals surface area contributed by atoms with Crippen molar-refractivity contribution in [3.05, 3.63) is 28.8 Å². The van der Waals surface area contributed by atoms with Gasteiger partial charge in [0.1, 0.15) is 0 Å². The number of benzene rings is 1. The number of rotatable bonds is 1. The Hall–Kier alpha value is -1.02. The smallest absolute Gasteiger partial charge is 0.0407 e. The Morgan fingerprint density at radius 1 is 1.36 bits per heavy atom. The van der Waals surface area contributed by atoms with Gasteiger partial charge in [-0.2, -0.15) is 0 Å². The molecule has 0 aromatic heterocycles. The molecule has 14 heavy (non-hydrogen) atoms. The van der Waals surface area contributed by atoms with E-state index >= 15 is 0 Å². The molecule has 1 atom stereocenters. The Labute approximate surface area is 85.5 Å². The van der Waals surface area contributed by atoms with Crippen LogP contribution in [0.3, 0.4) is 0 Å². The van der Waals surface area contributed by atoms with E-state index in [1.807, 2.05) is 0 Å². The molecule has 0 bridgehead atoms. The predicted molar refractivity (Wildman–Crippen MR) is 60.7 cm³/mol. The summed E-state index contributed by atoms with van der Waals surface area (Å²) in [6, 6.07) is 4.85. The summed E-state index contributed by atoms with van der Waals surface area (Å²) >= 11 is 0. The molecule has 1 aliphatic rings. The van der Waals surface area contributed by atoms with Crippen molar-refractivity contribution in [2.24, 2.45) is 5.73 Å². The highest BCUT2D eigenvalue weighted by atomic mass is 15.0. The summed E-state index contributed by atoms with van der Waals surface area (Å²) in [5, 5.41) is 3.53. The van der Waals surface area contributed by atoms with Crippen LogP contribution < -0.4 is 11.1 Å². The zero-order valence-electron chi connectivity index (χ0n) is 8.93. The number of anilines is 1. The average Bonchev–Trinajstić information content (AvgIpc) is 2.23. The van der Waals surface area contributed by atoms with Crippen molar-refractivity contribution >= 4 is 5.69 Å². The zero-order chi connectivity index (χ0) is 10.1. The highest BCUT2D eigenvalue weighted by Crippen LogP contribution is 2.30. The highest BCUT2D eigenvalue weighted by Gasteiger charge is 2.18. The normalized spacial score (nSPS) is 20.1. The van der Waals surface area contributed by atoms with Crippen molar-refractivity contribution in [2.45, 2.75) is 32.7 Å². The minimum Gasteiger partial charge on any atom is -0.381 e. The van der Waals surface area contributed by atoms with Gasteiger partial charge in [0.05, 0.1) is 0 Å². The molecule has 0 amide bonds. The van der Waals surface area contributed by atoms with Crippen LogP contribution in [0.25, 0.3) is 0 Å². The summed E-state index contributed by atoms with van der Waals surface area (Å²) < 4.78 is 0. The summed E-state index contributed by atoms with van der Waals surface area (Å²) in [7, 11) is 0. The van der Waals surface area contributed by atoms with Crippen molar-refractivity contribution in [3.8, 4) is 0 Å². The van der Waals surface area contributed by atoms with Crippen LogP contribution in [-0.4, -0.2) is 12.6 Å². The summed E-state index contributed by atoms with van der Waals surface area (Å²) in [6.45, 7) is 5.07. The first-order valence-corrected chi connectivity index (χ1v) is 5.28. The van der Waals surface area contributed by atoms with Crippen molar-refractivity contribution in [1.82, 2.24) is 0 Å². The number of fused-ring (bicyclic) bond motifs is 1. The first-order valence-electron chi connectivity index (χ1n) is 5.28. The van der Waals surface area contributed by atoms with Gasteiger partial charge < -0.3 is 11.1 Å². The Morgan fingerprint density at radius 3 is 2.79 bits per heavy atom. The topological polar surface area (TPSA) is 38.0 Å². The average molecular weight is 190 g/mol. The molecule has 0 spiro atoms. The Bertz CT molecular complexity index is 344. The van der Waals surface area contributed by atoms with Crippen LogP contribution in [0.2, 0.25) is 0 Å². The van der Waals surface area contributed by atoms with Crippen molar-refractivity contribution in [2.75, 3.05) is 11.9 Å². The maximum atomic E-state index is 5.69. The third-order valence-corrected chi connectivity index (χ3v) is 3.13. The molecular weight excluding hydrogens is 172 g/mol. The molecule has 76 valence electrons. The maximum absolute atomic E-state index is 5.69. The fourth-order valence-corrected chi connectivity index (χ4v) is 2.16. The van der Waals surface area contributed by atoms with Gasteiger partial charge in [-0.1, -0.05) is 12.1 Å². The molecule has 1 aromatic carbocycles. The van der Waals surface area contributed by atoms with Gasteiger partial charge in [0.15, 0.2) is 0 Å². The summed E-state index contributed by atoms with van der Waals surface area (Å²) in [5.41, 5.74) is 11.2. The fourth-order valence-electron chi connectivity index (χ4n) is 2.16. The summed E-state index contributed by atoms with van der Waals surface area (Å²) in [6.07, 6.45) is 2.32. The second kappa shape index (κ2) is 3.62. The lowest BCUT2D eigenvalue weighted by molar-refractivity contribution is 0.636. The molecule has 0 aliphatic carbocycles. The van der Waals surface area contributed by atoms with Crippen LogP contribution in [0.5, 0.6) is 0 Å². The van der Waals surface area contributed by atoms with Crippen molar-refractivity contribution in [1.29, 1.82) is 0 Å². The Balaban J connectivity index is 2.40. The van der Waals surface area contributed by atoms with Crippen LogP contribution in [-0.2, 0) is 6.42 Å². The van der Waals surface area contributed by atoms with Crippen LogP contribution in [0.4, 0.5) is 5.69 Å². The van der Waals surface area contributed by atoms with E-state index in [0.29, 0.717) is 6.04 Å². The number of aryl methyl sites for hydroxylation is 2. The van der Waals surface area contributed by atoms with E-state index in [1.54, 1.807) is 0 Å². The zero-order valence-corrected chi connectivity index (χ0v) is 8.93. The SMILES string of the molecule is Cc1ccc(C)c2c1CCC(CN)N2. The van der Waals surface area contributed by atoms with Crippen molar-refractivity contribution in [3.63, 3.8) is 0 Å². The van der Waals surface area contributed by atoms with E-state index in [-0.39, 0.29) is 0 Å².